The smallest absolute Gasteiger partial charge is 0.255 e. The molecular formula is C13H12ClN3O. The van der Waals surface area contributed by atoms with Crippen LogP contribution in [0.3, 0.4) is 0 Å². The second-order valence-corrected chi connectivity index (χ2v) is 4.85. The minimum absolute atomic E-state index is 0.0730. The second-order valence-electron chi connectivity index (χ2n) is 4.41. The van der Waals surface area contributed by atoms with Crippen LogP contribution < -0.4 is 5.32 Å². The van der Waals surface area contributed by atoms with E-state index in [-0.39, 0.29) is 5.91 Å². The van der Waals surface area contributed by atoms with E-state index in [4.69, 9.17) is 11.6 Å². The highest BCUT2D eigenvalue weighted by Gasteiger charge is 2.25. The van der Waals surface area contributed by atoms with Crippen LogP contribution in [0.1, 0.15) is 23.2 Å². The monoisotopic (exact) mass is 261 g/mol. The lowest BCUT2D eigenvalue weighted by molar-refractivity contribution is 0.0952. The molecule has 1 aromatic heterocycles. The van der Waals surface area contributed by atoms with Crippen LogP contribution in [0.15, 0.2) is 30.5 Å². The summed E-state index contributed by atoms with van der Waals surface area (Å²) in [6, 6.07) is 7.65. The lowest BCUT2D eigenvalue weighted by Crippen LogP contribution is -2.25. The van der Waals surface area contributed by atoms with Gasteiger partial charge in [0.2, 0.25) is 0 Å². The molecule has 3 rings (SSSR count). The van der Waals surface area contributed by atoms with Crippen LogP contribution in [0.5, 0.6) is 0 Å². The van der Waals surface area contributed by atoms with Gasteiger partial charge in [-0.05, 0) is 25.0 Å². The number of halogens is 1. The average Bonchev–Trinajstić information content (AvgIpc) is 3.04. The molecule has 0 radical (unpaired) electrons. The van der Waals surface area contributed by atoms with Crippen molar-refractivity contribution in [3.63, 3.8) is 0 Å². The molecule has 2 N–H and O–H groups in total. The minimum Gasteiger partial charge on any atom is -0.349 e. The zero-order valence-corrected chi connectivity index (χ0v) is 10.4. The molecule has 1 saturated carbocycles. The minimum atomic E-state index is -0.0730. The van der Waals surface area contributed by atoms with E-state index >= 15 is 0 Å². The fourth-order valence-electron chi connectivity index (χ4n) is 1.79. The number of amides is 1. The van der Waals surface area contributed by atoms with Gasteiger partial charge in [-0.2, -0.15) is 5.10 Å². The summed E-state index contributed by atoms with van der Waals surface area (Å²) in [6.07, 6.45) is 3.70. The van der Waals surface area contributed by atoms with E-state index in [9.17, 15) is 4.79 Å². The van der Waals surface area contributed by atoms with Crippen LogP contribution in [0.25, 0.3) is 11.3 Å². The number of H-pyrrole nitrogens is 1. The van der Waals surface area contributed by atoms with Gasteiger partial charge in [-0.1, -0.05) is 23.7 Å². The molecular weight excluding hydrogens is 250 g/mol. The number of nitrogens with one attached hydrogen (secondary N) is 2. The van der Waals surface area contributed by atoms with Crippen molar-refractivity contribution in [2.75, 3.05) is 0 Å². The van der Waals surface area contributed by atoms with Crippen molar-refractivity contribution in [3.8, 4) is 11.3 Å². The van der Waals surface area contributed by atoms with E-state index in [1.54, 1.807) is 18.3 Å². The Labute approximate surface area is 109 Å². The molecule has 1 fully saturated rings. The van der Waals surface area contributed by atoms with Gasteiger partial charge in [0.15, 0.2) is 0 Å². The summed E-state index contributed by atoms with van der Waals surface area (Å²) in [4.78, 5) is 12.0. The van der Waals surface area contributed by atoms with Gasteiger partial charge in [0, 0.05) is 16.6 Å². The molecule has 5 heteroatoms. The predicted molar refractivity (Wildman–Crippen MR) is 69.5 cm³/mol. The van der Waals surface area contributed by atoms with E-state index in [0.29, 0.717) is 16.6 Å². The zero-order valence-electron chi connectivity index (χ0n) is 9.61. The molecule has 18 heavy (non-hydrogen) atoms. The zero-order chi connectivity index (χ0) is 12.5. The third-order valence-corrected chi connectivity index (χ3v) is 3.18. The van der Waals surface area contributed by atoms with Crippen molar-refractivity contribution < 1.29 is 4.79 Å². The Balaban J connectivity index is 1.90. The maximum absolute atomic E-state index is 12.0. The van der Waals surface area contributed by atoms with Gasteiger partial charge in [-0.25, -0.2) is 0 Å². The Morgan fingerprint density at radius 2 is 2.06 bits per heavy atom. The summed E-state index contributed by atoms with van der Waals surface area (Å²) in [7, 11) is 0. The largest absolute Gasteiger partial charge is 0.349 e. The summed E-state index contributed by atoms with van der Waals surface area (Å²) in [6.45, 7) is 0. The summed E-state index contributed by atoms with van der Waals surface area (Å²) >= 11 is 5.85. The molecule has 1 heterocycles. The van der Waals surface area contributed by atoms with Crippen LogP contribution in [-0.4, -0.2) is 22.1 Å². The van der Waals surface area contributed by atoms with Gasteiger partial charge >= 0.3 is 0 Å². The van der Waals surface area contributed by atoms with Gasteiger partial charge in [-0.15, -0.1) is 0 Å². The van der Waals surface area contributed by atoms with Crippen molar-refractivity contribution in [3.05, 3.63) is 41.0 Å². The number of benzene rings is 1. The van der Waals surface area contributed by atoms with Crippen molar-refractivity contribution in [2.24, 2.45) is 0 Å². The average molecular weight is 262 g/mol. The van der Waals surface area contributed by atoms with Crippen LogP contribution in [0, 0.1) is 0 Å². The molecule has 1 amide bonds. The summed E-state index contributed by atoms with van der Waals surface area (Å²) in [5.41, 5.74) is 2.20. The van der Waals surface area contributed by atoms with Crippen LogP contribution in [0.4, 0.5) is 0 Å². The van der Waals surface area contributed by atoms with E-state index in [1.165, 1.54) is 0 Å². The Morgan fingerprint density at radius 1 is 1.33 bits per heavy atom. The van der Waals surface area contributed by atoms with E-state index in [1.807, 2.05) is 12.1 Å². The Hall–Kier alpha value is -1.81. The SMILES string of the molecule is O=C(NC1CC1)c1cn[nH]c1-c1ccc(Cl)cc1. The van der Waals surface area contributed by atoms with Crippen molar-refractivity contribution in [1.82, 2.24) is 15.5 Å². The molecule has 0 spiro atoms. The van der Waals surface area contributed by atoms with E-state index in [2.05, 4.69) is 15.5 Å². The molecule has 0 unspecified atom stereocenters. The van der Waals surface area contributed by atoms with Gasteiger partial charge in [0.05, 0.1) is 17.5 Å². The number of carbonyl (C=O) groups is 1. The van der Waals surface area contributed by atoms with E-state index < -0.39 is 0 Å². The molecule has 4 nitrogen and oxygen atoms in total. The number of hydrogen-bond donors (Lipinski definition) is 2. The first-order valence-electron chi connectivity index (χ1n) is 5.84. The number of hydrogen-bond acceptors (Lipinski definition) is 2. The Kier molecular flexibility index (Phi) is 2.80. The van der Waals surface area contributed by atoms with Crippen LogP contribution >= 0.6 is 11.6 Å². The highest BCUT2D eigenvalue weighted by atomic mass is 35.5. The molecule has 0 atom stereocenters. The molecule has 1 aliphatic carbocycles. The number of nitrogens with zero attached hydrogens (tertiary/aromatic N) is 1. The number of aromatic nitrogens is 2. The first-order chi connectivity index (χ1) is 8.74. The number of carbonyl (C=O) groups excluding carboxylic acids is 1. The highest BCUT2D eigenvalue weighted by molar-refractivity contribution is 6.30. The van der Waals surface area contributed by atoms with Gasteiger partial charge in [-0.3, -0.25) is 9.89 Å². The third kappa shape index (κ3) is 2.24. The van der Waals surface area contributed by atoms with Crippen molar-refractivity contribution in [2.45, 2.75) is 18.9 Å². The maximum Gasteiger partial charge on any atom is 0.255 e. The summed E-state index contributed by atoms with van der Waals surface area (Å²) in [5, 5.41) is 10.4. The fourth-order valence-corrected chi connectivity index (χ4v) is 1.91. The predicted octanol–water partition coefficient (Wildman–Crippen LogP) is 2.62. The summed E-state index contributed by atoms with van der Waals surface area (Å²) in [5.74, 6) is -0.0730. The summed E-state index contributed by atoms with van der Waals surface area (Å²) < 4.78 is 0. The Morgan fingerprint density at radius 3 is 2.72 bits per heavy atom. The molecule has 92 valence electrons. The van der Waals surface area contributed by atoms with Crippen LogP contribution in [-0.2, 0) is 0 Å². The molecule has 0 bridgehead atoms. The first-order valence-corrected chi connectivity index (χ1v) is 6.22. The highest BCUT2D eigenvalue weighted by Crippen LogP contribution is 2.24. The van der Waals surface area contributed by atoms with Crippen LogP contribution in [0.2, 0.25) is 5.02 Å². The second kappa shape index (κ2) is 4.46. The lowest BCUT2D eigenvalue weighted by atomic mass is 10.1. The topological polar surface area (TPSA) is 57.8 Å². The maximum atomic E-state index is 12.0. The lowest BCUT2D eigenvalue weighted by Gasteiger charge is -2.04. The number of aromatic amines is 1. The third-order valence-electron chi connectivity index (χ3n) is 2.93. The fraction of sp³-hybridized carbons (Fsp3) is 0.231. The normalized spacial score (nSPS) is 14.5. The number of rotatable bonds is 3. The molecule has 2 aromatic rings. The van der Waals surface area contributed by atoms with Gasteiger partial charge in [0.25, 0.3) is 5.91 Å². The molecule has 0 aliphatic heterocycles. The van der Waals surface area contributed by atoms with Crippen molar-refractivity contribution in [1.29, 1.82) is 0 Å². The van der Waals surface area contributed by atoms with E-state index in [0.717, 1.165) is 24.1 Å². The van der Waals surface area contributed by atoms with Crippen molar-refractivity contribution >= 4 is 17.5 Å². The molecule has 0 saturated heterocycles. The van der Waals surface area contributed by atoms with Gasteiger partial charge in [0.1, 0.15) is 0 Å². The standard InChI is InChI=1S/C13H12ClN3O/c14-9-3-1-8(2-4-9)12-11(7-15-17-12)13(18)16-10-5-6-10/h1-4,7,10H,5-6H2,(H,15,17)(H,16,18). The molecule has 1 aromatic carbocycles. The first kappa shape index (κ1) is 11.3. The van der Waals surface area contributed by atoms with Gasteiger partial charge < -0.3 is 5.32 Å². The quantitative estimate of drug-likeness (QED) is 0.892. The Bertz CT molecular complexity index is 572. The molecule has 1 aliphatic rings.